The molecule has 1 heterocycles. The molecule has 6 nitrogen and oxygen atoms in total. The minimum absolute atomic E-state index is 0.0569. The summed E-state index contributed by atoms with van der Waals surface area (Å²) < 4.78 is 5.47. The van der Waals surface area contributed by atoms with Crippen LogP contribution in [0.3, 0.4) is 0 Å². The zero-order valence-corrected chi connectivity index (χ0v) is 17.2. The third kappa shape index (κ3) is 6.77. The van der Waals surface area contributed by atoms with Crippen LogP contribution in [0.1, 0.15) is 50.4 Å². The summed E-state index contributed by atoms with van der Waals surface area (Å²) >= 11 is 0. The van der Waals surface area contributed by atoms with Crippen molar-refractivity contribution in [1.82, 2.24) is 10.2 Å². The van der Waals surface area contributed by atoms with E-state index >= 15 is 0 Å². The number of benzene rings is 1. The van der Waals surface area contributed by atoms with Gasteiger partial charge in [0.1, 0.15) is 5.60 Å². The molecule has 1 aliphatic heterocycles. The van der Waals surface area contributed by atoms with Crippen LogP contribution in [0.25, 0.3) is 0 Å². The van der Waals surface area contributed by atoms with Gasteiger partial charge in [0.25, 0.3) is 5.91 Å². The maximum atomic E-state index is 12.4. The molecule has 1 aromatic rings. The van der Waals surface area contributed by atoms with Crippen molar-refractivity contribution in [3.05, 3.63) is 29.8 Å². The minimum Gasteiger partial charge on any atom is -0.444 e. The Bertz CT molecular complexity index is 652. The van der Waals surface area contributed by atoms with E-state index in [0.29, 0.717) is 24.6 Å². The maximum Gasteiger partial charge on any atom is 0.410 e. The normalized spacial score (nSPS) is 17.4. The molecule has 27 heavy (non-hydrogen) atoms. The van der Waals surface area contributed by atoms with Gasteiger partial charge in [-0.2, -0.15) is 0 Å². The molecule has 1 fully saturated rings. The fourth-order valence-corrected chi connectivity index (χ4v) is 3.21. The van der Waals surface area contributed by atoms with Gasteiger partial charge in [-0.25, -0.2) is 4.79 Å². The maximum absolute atomic E-state index is 12.4. The Kier molecular flexibility index (Phi) is 7.11. The standard InChI is InChI=1S/C21H33N3O3/c1-21(2,3)27-20(26)24-13-7-8-16(15-24)11-12-22-19(25)17-9-6-10-18(14-17)23(4)5/h6,9-10,14,16H,7-8,11-13,15H2,1-5H3,(H,22,25). The number of carbonyl (C=O) groups excluding carboxylic acids is 2. The van der Waals surface area contributed by atoms with Gasteiger partial charge in [-0.05, 0) is 64.2 Å². The summed E-state index contributed by atoms with van der Waals surface area (Å²) in [5.41, 5.74) is 1.20. The number of nitrogens with one attached hydrogen (secondary N) is 1. The lowest BCUT2D eigenvalue weighted by Crippen LogP contribution is -2.43. The molecule has 1 aromatic carbocycles. The van der Waals surface area contributed by atoms with Crippen molar-refractivity contribution >= 4 is 17.7 Å². The van der Waals surface area contributed by atoms with Crippen molar-refractivity contribution in [2.24, 2.45) is 5.92 Å². The highest BCUT2D eigenvalue weighted by Crippen LogP contribution is 2.21. The van der Waals surface area contributed by atoms with Crippen LogP contribution in [0.15, 0.2) is 24.3 Å². The van der Waals surface area contributed by atoms with Gasteiger partial charge in [-0.1, -0.05) is 6.07 Å². The SMILES string of the molecule is CN(C)c1cccc(C(=O)NCCC2CCCN(C(=O)OC(C)(C)C)C2)c1. The summed E-state index contributed by atoms with van der Waals surface area (Å²) in [7, 11) is 3.91. The molecule has 6 heteroatoms. The van der Waals surface area contributed by atoms with Crippen LogP contribution in [0.4, 0.5) is 10.5 Å². The van der Waals surface area contributed by atoms with E-state index in [9.17, 15) is 9.59 Å². The Hall–Kier alpha value is -2.24. The van der Waals surface area contributed by atoms with Crippen LogP contribution in [-0.2, 0) is 4.74 Å². The Morgan fingerprint density at radius 2 is 2.04 bits per heavy atom. The van der Waals surface area contributed by atoms with E-state index in [0.717, 1.165) is 31.5 Å². The first-order valence-corrected chi connectivity index (χ1v) is 9.69. The number of carbonyl (C=O) groups is 2. The van der Waals surface area contributed by atoms with Crippen LogP contribution in [0, 0.1) is 5.92 Å². The summed E-state index contributed by atoms with van der Waals surface area (Å²) in [6.45, 7) is 7.70. The number of rotatable bonds is 5. The van der Waals surface area contributed by atoms with Gasteiger partial charge in [-0.3, -0.25) is 4.79 Å². The molecule has 1 saturated heterocycles. The molecule has 0 aliphatic carbocycles. The highest BCUT2D eigenvalue weighted by molar-refractivity contribution is 5.95. The van der Waals surface area contributed by atoms with Gasteiger partial charge >= 0.3 is 6.09 Å². The van der Waals surface area contributed by atoms with Crippen LogP contribution in [-0.4, -0.2) is 56.2 Å². The molecular weight excluding hydrogens is 342 g/mol. The molecule has 0 saturated carbocycles. The van der Waals surface area contributed by atoms with Gasteiger partial charge < -0.3 is 19.9 Å². The number of nitrogens with zero attached hydrogens (tertiary/aromatic N) is 2. The monoisotopic (exact) mass is 375 g/mol. The molecule has 2 rings (SSSR count). The zero-order valence-electron chi connectivity index (χ0n) is 17.2. The number of likely N-dealkylation sites (tertiary alicyclic amines) is 1. The smallest absolute Gasteiger partial charge is 0.410 e. The Labute approximate surface area is 162 Å². The molecule has 0 bridgehead atoms. The second-order valence-corrected chi connectivity index (χ2v) is 8.42. The lowest BCUT2D eigenvalue weighted by molar-refractivity contribution is 0.0161. The molecule has 0 spiro atoms. The van der Waals surface area contributed by atoms with Crippen molar-refractivity contribution in [2.75, 3.05) is 38.6 Å². The molecule has 0 radical (unpaired) electrons. The molecule has 1 atom stereocenters. The van der Waals surface area contributed by atoms with Gasteiger partial charge in [0.15, 0.2) is 0 Å². The van der Waals surface area contributed by atoms with E-state index in [2.05, 4.69) is 5.32 Å². The predicted octanol–water partition coefficient (Wildman–Crippen LogP) is 3.52. The fraction of sp³-hybridized carbons (Fsp3) is 0.619. The highest BCUT2D eigenvalue weighted by Gasteiger charge is 2.27. The Morgan fingerprint density at radius 1 is 1.30 bits per heavy atom. The van der Waals surface area contributed by atoms with Gasteiger partial charge in [0.05, 0.1) is 0 Å². The van der Waals surface area contributed by atoms with Gasteiger partial charge in [-0.15, -0.1) is 0 Å². The zero-order chi connectivity index (χ0) is 20.0. The number of hydrogen-bond acceptors (Lipinski definition) is 4. The number of ether oxygens (including phenoxy) is 1. The van der Waals surface area contributed by atoms with Crippen LogP contribution in [0.2, 0.25) is 0 Å². The highest BCUT2D eigenvalue weighted by atomic mass is 16.6. The lowest BCUT2D eigenvalue weighted by Gasteiger charge is -2.34. The summed E-state index contributed by atoms with van der Waals surface area (Å²) in [5, 5.41) is 3.00. The molecule has 2 amide bonds. The van der Waals surface area contributed by atoms with E-state index in [1.165, 1.54) is 0 Å². The van der Waals surface area contributed by atoms with Crippen molar-refractivity contribution in [3.63, 3.8) is 0 Å². The average Bonchev–Trinajstić information content (AvgIpc) is 2.60. The Morgan fingerprint density at radius 3 is 2.70 bits per heavy atom. The van der Waals surface area contributed by atoms with E-state index in [4.69, 9.17) is 4.74 Å². The van der Waals surface area contributed by atoms with Crippen molar-refractivity contribution in [1.29, 1.82) is 0 Å². The molecule has 0 aromatic heterocycles. The van der Waals surface area contributed by atoms with Crippen molar-refractivity contribution in [2.45, 2.75) is 45.6 Å². The van der Waals surface area contributed by atoms with Crippen molar-refractivity contribution < 1.29 is 14.3 Å². The largest absolute Gasteiger partial charge is 0.444 e. The summed E-state index contributed by atoms with van der Waals surface area (Å²) in [6.07, 6.45) is 2.67. The molecular formula is C21H33N3O3. The molecule has 1 unspecified atom stereocenters. The number of amides is 2. The van der Waals surface area contributed by atoms with E-state index < -0.39 is 5.60 Å². The first-order valence-electron chi connectivity index (χ1n) is 9.69. The lowest BCUT2D eigenvalue weighted by atomic mass is 9.95. The summed E-state index contributed by atoms with van der Waals surface area (Å²) in [6, 6.07) is 7.58. The quantitative estimate of drug-likeness (QED) is 0.855. The van der Waals surface area contributed by atoms with Crippen LogP contribution in [0.5, 0.6) is 0 Å². The second kappa shape index (κ2) is 9.11. The summed E-state index contributed by atoms with van der Waals surface area (Å²) in [4.78, 5) is 28.4. The average molecular weight is 376 g/mol. The molecule has 1 aliphatic rings. The number of anilines is 1. The summed E-state index contributed by atoms with van der Waals surface area (Å²) in [5.74, 6) is 0.332. The van der Waals surface area contributed by atoms with Crippen molar-refractivity contribution in [3.8, 4) is 0 Å². The molecule has 150 valence electrons. The second-order valence-electron chi connectivity index (χ2n) is 8.42. The van der Waals surface area contributed by atoms with E-state index in [1.807, 2.05) is 64.0 Å². The third-order valence-corrected chi connectivity index (χ3v) is 4.63. The topological polar surface area (TPSA) is 61.9 Å². The number of hydrogen-bond donors (Lipinski definition) is 1. The van der Waals surface area contributed by atoms with Crippen LogP contribution >= 0.6 is 0 Å². The Balaban J connectivity index is 1.80. The van der Waals surface area contributed by atoms with Gasteiger partial charge in [0, 0.05) is 45.0 Å². The third-order valence-electron chi connectivity index (χ3n) is 4.63. The van der Waals surface area contributed by atoms with Crippen LogP contribution < -0.4 is 10.2 Å². The fourth-order valence-electron chi connectivity index (χ4n) is 3.21. The minimum atomic E-state index is -0.473. The number of piperidine rings is 1. The predicted molar refractivity (Wildman–Crippen MR) is 108 cm³/mol. The first-order chi connectivity index (χ1) is 12.7. The van der Waals surface area contributed by atoms with E-state index in [-0.39, 0.29) is 12.0 Å². The van der Waals surface area contributed by atoms with E-state index in [1.54, 1.807) is 4.90 Å². The molecule has 1 N–H and O–H groups in total. The first kappa shape index (κ1) is 21.1. The van der Waals surface area contributed by atoms with Gasteiger partial charge in [0.2, 0.25) is 0 Å².